The number of rotatable bonds is 5. The maximum Gasteiger partial charge on any atom is 0.0957 e. The topological polar surface area (TPSA) is 46.0 Å². The SMILES string of the molecule is CCCc1nnsc1C(O)Cc1ccsc1. The van der Waals surface area contributed by atoms with Crippen LogP contribution in [0, 0.1) is 0 Å². The van der Waals surface area contributed by atoms with Crippen LogP contribution in [0.15, 0.2) is 16.8 Å². The van der Waals surface area contributed by atoms with Crippen molar-refractivity contribution in [2.75, 3.05) is 0 Å². The summed E-state index contributed by atoms with van der Waals surface area (Å²) < 4.78 is 3.93. The van der Waals surface area contributed by atoms with Crippen LogP contribution in [0.5, 0.6) is 0 Å². The van der Waals surface area contributed by atoms with Crippen LogP contribution < -0.4 is 0 Å². The van der Waals surface area contributed by atoms with Crippen molar-refractivity contribution in [3.05, 3.63) is 33.0 Å². The highest BCUT2D eigenvalue weighted by Gasteiger charge is 2.16. The van der Waals surface area contributed by atoms with Crippen LogP contribution in [0.1, 0.15) is 35.6 Å². The molecule has 0 saturated heterocycles. The van der Waals surface area contributed by atoms with Gasteiger partial charge in [0, 0.05) is 6.42 Å². The van der Waals surface area contributed by atoms with E-state index in [4.69, 9.17) is 0 Å². The third kappa shape index (κ3) is 2.66. The molecular weight excluding hydrogens is 240 g/mol. The first-order valence-corrected chi connectivity index (χ1v) is 7.03. The predicted octanol–water partition coefficient (Wildman–Crippen LogP) is 2.83. The molecule has 0 radical (unpaired) electrons. The summed E-state index contributed by atoms with van der Waals surface area (Å²) in [5.74, 6) is 0. The van der Waals surface area contributed by atoms with Crippen LogP contribution >= 0.6 is 22.9 Å². The van der Waals surface area contributed by atoms with Crippen LogP contribution in [0.25, 0.3) is 0 Å². The van der Waals surface area contributed by atoms with Crippen molar-refractivity contribution in [1.82, 2.24) is 9.59 Å². The highest BCUT2D eigenvalue weighted by Crippen LogP contribution is 2.25. The summed E-state index contributed by atoms with van der Waals surface area (Å²) in [5, 5.41) is 18.3. The largest absolute Gasteiger partial charge is 0.387 e. The molecule has 1 atom stereocenters. The number of aryl methyl sites for hydroxylation is 1. The Bertz CT molecular complexity index is 425. The molecule has 0 aromatic carbocycles. The second-order valence-electron chi connectivity index (χ2n) is 3.69. The molecule has 5 heteroatoms. The number of aromatic nitrogens is 2. The first-order valence-electron chi connectivity index (χ1n) is 5.31. The van der Waals surface area contributed by atoms with E-state index >= 15 is 0 Å². The second-order valence-corrected chi connectivity index (χ2v) is 5.25. The van der Waals surface area contributed by atoms with E-state index in [1.807, 2.05) is 11.4 Å². The van der Waals surface area contributed by atoms with Gasteiger partial charge >= 0.3 is 0 Å². The first-order chi connectivity index (χ1) is 7.81. The maximum atomic E-state index is 10.1. The number of thiophene rings is 1. The molecule has 0 spiro atoms. The smallest absolute Gasteiger partial charge is 0.0957 e. The van der Waals surface area contributed by atoms with E-state index in [1.54, 1.807) is 11.3 Å². The Kier molecular flexibility index (Phi) is 4.04. The fourth-order valence-corrected chi connectivity index (χ4v) is 2.97. The average molecular weight is 254 g/mol. The molecule has 2 aromatic heterocycles. The summed E-state index contributed by atoms with van der Waals surface area (Å²) in [5.41, 5.74) is 2.13. The lowest BCUT2D eigenvalue weighted by Gasteiger charge is -2.07. The molecule has 2 rings (SSSR count). The zero-order chi connectivity index (χ0) is 11.4. The van der Waals surface area contributed by atoms with E-state index in [-0.39, 0.29) is 0 Å². The van der Waals surface area contributed by atoms with Crippen molar-refractivity contribution in [1.29, 1.82) is 0 Å². The molecule has 0 aliphatic carbocycles. The van der Waals surface area contributed by atoms with Crippen LogP contribution in [-0.2, 0) is 12.8 Å². The summed E-state index contributed by atoms with van der Waals surface area (Å²) in [4.78, 5) is 0.924. The van der Waals surface area contributed by atoms with Crippen LogP contribution in [0.3, 0.4) is 0 Å². The number of hydrogen-bond acceptors (Lipinski definition) is 5. The van der Waals surface area contributed by atoms with Gasteiger partial charge in [-0.2, -0.15) is 11.3 Å². The van der Waals surface area contributed by atoms with Gasteiger partial charge in [0.25, 0.3) is 0 Å². The minimum atomic E-state index is -0.462. The number of nitrogens with zero attached hydrogens (tertiary/aromatic N) is 2. The third-order valence-corrected chi connectivity index (χ3v) is 3.98. The van der Waals surface area contributed by atoms with Gasteiger partial charge in [0.05, 0.1) is 16.7 Å². The first kappa shape index (κ1) is 11.7. The Morgan fingerprint density at radius 3 is 3.06 bits per heavy atom. The molecular formula is C11H14N2OS2. The van der Waals surface area contributed by atoms with Gasteiger partial charge < -0.3 is 5.11 Å². The van der Waals surface area contributed by atoms with Crippen molar-refractivity contribution in [3.63, 3.8) is 0 Å². The zero-order valence-electron chi connectivity index (χ0n) is 9.09. The number of aliphatic hydroxyl groups is 1. The number of hydrogen-bond donors (Lipinski definition) is 1. The molecule has 1 unspecified atom stereocenters. The fraction of sp³-hybridized carbons (Fsp3) is 0.455. The standard InChI is InChI=1S/C11H14N2OS2/c1-2-3-9-11(16-13-12-9)10(14)6-8-4-5-15-7-8/h4-5,7,10,14H,2-3,6H2,1H3. The molecule has 2 aromatic rings. The number of aliphatic hydroxyl groups excluding tert-OH is 1. The fourth-order valence-electron chi connectivity index (χ4n) is 1.60. The summed E-state index contributed by atoms with van der Waals surface area (Å²) >= 11 is 2.97. The second kappa shape index (κ2) is 5.52. The Morgan fingerprint density at radius 2 is 2.38 bits per heavy atom. The average Bonchev–Trinajstić information content (AvgIpc) is 2.89. The molecule has 0 fully saturated rings. The van der Waals surface area contributed by atoms with E-state index < -0.39 is 6.10 Å². The van der Waals surface area contributed by atoms with E-state index in [2.05, 4.69) is 21.9 Å². The summed E-state index contributed by atoms with van der Waals surface area (Å²) in [6.45, 7) is 2.11. The molecule has 1 N–H and O–H groups in total. The van der Waals surface area contributed by atoms with E-state index in [1.165, 1.54) is 17.1 Å². The monoisotopic (exact) mass is 254 g/mol. The molecule has 0 aliphatic rings. The van der Waals surface area contributed by atoms with Gasteiger partial charge in [0.2, 0.25) is 0 Å². The lowest BCUT2D eigenvalue weighted by molar-refractivity contribution is 0.181. The normalized spacial score (nSPS) is 12.9. The molecule has 0 amide bonds. The van der Waals surface area contributed by atoms with Gasteiger partial charge in [-0.05, 0) is 40.3 Å². The Morgan fingerprint density at radius 1 is 1.50 bits per heavy atom. The molecule has 3 nitrogen and oxygen atoms in total. The van der Waals surface area contributed by atoms with Crippen LogP contribution in [-0.4, -0.2) is 14.7 Å². The Hall–Kier alpha value is -0.780. The van der Waals surface area contributed by atoms with Crippen molar-refractivity contribution in [2.24, 2.45) is 0 Å². The van der Waals surface area contributed by atoms with Crippen molar-refractivity contribution in [2.45, 2.75) is 32.3 Å². The van der Waals surface area contributed by atoms with Gasteiger partial charge in [-0.15, -0.1) is 5.10 Å². The Labute approximate surface area is 103 Å². The van der Waals surface area contributed by atoms with E-state index in [9.17, 15) is 5.11 Å². The minimum absolute atomic E-state index is 0.462. The minimum Gasteiger partial charge on any atom is -0.387 e. The van der Waals surface area contributed by atoms with Crippen molar-refractivity contribution >= 4 is 22.9 Å². The van der Waals surface area contributed by atoms with Crippen molar-refractivity contribution < 1.29 is 5.11 Å². The molecule has 86 valence electrons. The molecule has 0 aliphatic heterocycles. The lowest BCUT2D eigenvalue weighted by Crippen LogP contribution is -2.02. The van der Waals surface area contributed by atoms with E-state index in [0.29, 0.717) is 6.42 Å². The van der Waals surface area contributed by atoms with Gasteiger partial charge in [-0.1, -0.05) is 17.8 Å². The third-order valence-electron chi connectivity index (χ3n) is 2.38. The van der Waals surface area contributed by atoms with Crippen molar-refractivity contribution in [3.8, 4) is 0 Å². The molecule has 0 saturated carbocycles. The Balaban J connectivity index is 2.08. The van der Waals surface area contributed by atoms with Gasteiger partial charge in [0.15, 0.2) is 0 Å². The zero-order valence-corrected chi connectivity index (χ0v) is 10.7. The lowest BCUT2D eigenvalue weighted by atomic mass is 10.1. The van der Waals surface area contributed by atoms with Gasteiger partial charge in [-0.3, -0.25) is 0 Å². The van der Waals surface area contributed by atoms with Gasteiger partial charge in [-0.25, -0.2) is 0 Å². The summed E-state index contributed by atoms with van der Waals surface area (Å²) in [7, 11) is 0. The highest BCUT2D eigenvalue weighted by atomic mass is 32.1. The summed E-state index contributed by atoms with van der Waals surface area (Å²) in [6, 6.07) is 2.04. The molecule has 16 heavy (non-hydrogen) atoms. The summed E-state index contributed by atoms with van der Waals surface area (Å²) in [6.07, 6.45) is 2.12. The highest BCUT2D eigenvalue weighted by molar-refractivity contribution is 7.08. The van der Waals surface area contributed by atoms with Gasteiger partial charge in [0.1, 0.15) is 0 Å². The molecule has 0 bridgehead atoms. The van der Waals surface area contributed by atoms with Crippen LogP contribution in [0.2, 0.25) is 0 Å². The van der Waals surface area contributed by atoms with Crippen LogP contribution in [0.4, 0.5) is 0 Å². The maximum absolute atomic E-state index is 10.1. The molecule has 2 heterocycles. The predicted molar refractivity (Wildman–Crippen MR) is 66.9 cm³/mol. The van der Waals surface area contributed by atoms with E-state index in [0.717, 1.165) is 23.4 Å². The quantitative estimate of drug-likeness (QED) is 0.892.